The molecule has 2 aromatic rings. The Morgan fingerprint density at radius 3 is 2.50 bits per heavy atom. The Kier molecular flexibility index (Phi) is 6.40. The number of H-pyrrole nitrogens is 1. The largest absolute Gasteiger partial charge is 0.347 e. The van der Waals surface area contributed by atoms with E-state index in [-0.39, 0.29) is 35.9 Å². The molecular weight excluding hydrogens is 452 g/mol. The number of benzene rings is 1. The molecule has 0 saturated heterocycles. The van der Waals surface area contributed by atoms with Gasteiger partial charge in [0.2, 0.25) is 11.8 Å². The second-order valence-electron chi connectivity index (χ2n) is 10.9. The smallest absolute Gasteiger partial charge is 0.258 e. The van der Waals surface area contributed by atoms with E-state index in [0.29, 0.717) is 34.7 Å². The van der Waals surface area contributed by atoms with Gasteiger partial charge >= 0.3 is 0 Å². The van der Waals surface area contributed by atoms with Gasteiger partial charge in [-0.05, 0) is 86.3 Å². The van der Waals surface area contributed by atoms with E-state index in [2.05, 4.69) is 15.3 Å². The van der Waals surface area contributed by atoms with Gasteiger partial charge < -0.3 is 15.2 Å². The number of amides is 2. The van der Waals surface area contributed by atoms with Crippen LogP contribution in [0.25, 0.3) is 10.9 Å². The van der Waals surface area contributed by atoms with Crippen LogP contribution in [0.2, 0.25) is 5.02 Å². The molecule has 0 atom stereocenters. The lowest BCUT2D eigenvalue weighted by Crippen LogP contribution is -2.48. The zero-order valence-corrected chi connectivity index (χ0v) is 20.5. The highest BCUT2D eigenvalue weighted by atomic mass is 35.5. The Bertz CT molecular complexity index is 1130. The molecule has 4 bridgehead atoms. The number of carbonyl (C=O) groups is 2. The van der Waals surface area contributed by atoms with Crippen LogP contribution in [0.5, 0.6) is 0 Å². The molecule has 4 fully saturated rings. The monoisotopic (exact) mass is 484 g/mol. The van der Waals surface area contributed by atoms with Crippen molar-refractivity contribution in [3.63, 3.8) is 0 Å². The van der Waals surface area contributed by atoms with E-state index in [9.17, 15) is 14.4 Å². The predicted octanol–water partition coefficient (Wildman–Crippen LogP) is 4.04. The highest BCUT2D eigenvalue weighted by molar-refractivity contribution is 6.31. The summed E-state index contributed by atoms with van der Waals surface area (Å²) in [5, 5.41) is 3.85. The van der Waals surface area contributed by atoms with Gasteiger partial charge in [-0.25, -0.2) is 4.98 Å². The van der Waals surface area contributed by atoms with Gasteiger partial charge in [0, 0.05) is 18.0 Å². The van der Waals surface area contributed by atoms with Crippen LogP contribution in [0.1, 0.15) is 64.1 Å². The molecule has 8 heteroatoms. The van der Waals surface area contributed by atoms with E-state index in [1.807, 2.05) is 6.92 Å². The third-order valence-corrected chi connectivity index (χ3v) is 8.28. The van der Waals surface area contributed by atoms with Crippen molar-refractivity contribution in [3.8, 4) is 0 Å². The van der Waals surface area contributed by atoms with E-state index in [1.54, 1.807) is 23.1 Å². The van der Waals surface area contributed by atoms with Gasteiger partial charge in [0.05, 0.1) is 24.0 Å². The predicted molar refractivity (Wildman–Crippen MR) is 131 cm³/mol. The molecule has 6 rings (SSSR count). The summed E-state index contributed by atoms with van der Waals surface area (Å²) < 4.78 is 0. The van der Waals surface area contributed by atoms with Gasteiger partial charge in [-0.3, -0.25) is 14.4 Å². The topological polar surface area (TPSA) is 95.2 Å². The molecule has 34 heavy (non-hydrogen) atoms. The average molecular weight is 485 g/mol. The zero-order chi connectivity index (χ0) is 23.9. The molecule has 0 aliphatic heterocycles. The number of nitrogens with one attached hydrogen (secondary N) is 2. The van der Waals surface area contributed by atoms with Crippen molar-refractivity contribution < 1.29 is 9.59 Å². The first-order valence-corrected chi connectivity index (χ1v) is 12.9. The lowest BCUT2D eigenvalue weighted by atomic mass is 9.49. The summed E-state index contributed by atoms with van der Waals surface area (Å²) in [6, 6.07) is 4.94. The summed E-state index contributed by atoms with van der Waals surface area (Å²) in [6.45, 7) is 2.65. The maximum Gasteiger partial charge on any atom is 0.258 e. The molecule has 4 saturated carbocycles. The van der Waals surface area contributed by atoms with E-state index in [0.717, 1.165) is 24.2 Å². The van der Waals surface area contributed by atoms with Crippen molar-refractivity contribution in [2.45, 2.75) is 64.8 Å². The van der Waals surface area contributed by atoms with Gasteiger partial charge in [0.15, 0.2) is 0 Å². The number of aromatic nitrogens is 2. The molecule has 182 valence electrons. The number of carbonyl (C=O) groups excluding carboxylic acids is 2. The first-order valence-electron chi connectivity index (χ1n) is 12.6. The molecule has 4 aliphatic rings. The van der Waals surface area contributed by atoms with E-state index >= 15 is 0 Å². The highest BCUT2D eigenvalue weighted by Gasteiger charge is 2.51. The highest BCUT2D eigenvalue weighted by Crippen LogP contribution is 2.61. The van der Waals surface area contributed by atoms with Crippen LogP contribution in [-0.4, -0.2) is 39.8 Å². The van der Waals surface area contributed by atoms with E-state index < -0.39 is 0 Å². The number of hydrogen-bond acceptors (Lipinski definition) is 4. The first kappa shape index (κ1) is 23.3. The van der Waals surface area contributed by atoms with Crippen molar-refractivity contribution >= 4 is 34.3 Å². The van der Waals surface area contributed by atoms with Gasteiger partial charge in [0.1, 0.15) is 5.82 Å². The third kappa shape index (κ3) is 4.85. The Hall–Kier alpha value is -2.41. The summed E-state index contributed by atoms with van der Waals surface area (Å²) in [5.41, 5.74) is 0.393. The fraction of sp³-hybridized carbons (Fsp3) is 0.615. The van der Waals surface area contributed by atoms with Gasteiger partial charge in [-0.1, -0.05) is 18.5 Å². The van der Waals surface area contributed by atoms with Crippen LogP contribution in [0, 0.1) is 23.2 Å². The number of fused-ring (bicyclic) bond motifs is 1. The van der Waals surface area contributed by atoms with Crippen molar-refractivity contribution in [3.05, 3.63) is 39.4 Å². The van der Waals surface area contributed by atoms with Crippen LogP contribution in [0.15, 0.2) is 23.0 Å². The molecule has 0 spiro atoms. The van der Waals surface area contributed by atoms with Gasteiger partial charge in [-0.15, -0.1) is 0 Å². The summed E-state index contributed by atoms with van der Waals surface area (Å²) in [7, 11) is 0. The minimum absolute atomic E-state index is 0.0152. The SMILES string of the molecule is CCCN(Cc1nc2cc(Cl)ccc2c(=O)[nH]1)C(=O)CNC(=O)CC12CC3CC(CC(C3)C1)C2. The molecule has 1 aromatic carbocycles. The number of hydrogen-bond donors (Lipinski definition) is 2. The van der Waals surface area contributed by atoms with Crippen LogP contribution in [0.4, 0.5) is 0 Å². The van der Waals surface area contributed by atoms with Gasteiger partial charge in [0.25, 0.3) is 5.56 Å². The lowest BCUT2D eigenvalue weighted by Gasteiger charge is -2.56. The maximum absolute atomic E-state index is 13.0. The molecule has 7 nitrogen and oxygen atoms in total. The normalized spacial score (nSPS) is 27.2. The fourth-order valence-electron chi connectivity index (χ4n) is 7.17. The second-order valence-corrected chi connectivity index (χ2v) is 11.3. The Balaban J connectivity index is 1.21. The molecule has 0 unspecified atom stereocenters. The van der Waals surface area contributed by atoms with Gasteiger partial charge in [-0.2, -0.15) is 0 Å². The zero-order valence-electron chi connectivity index (χ0n) is 19.7. The summed E-state index contributed by atoms with van der Waals surface area (Å²) in [6.07, 6.45) is 8.87. The van der Waals surface area contributed by atoms with Crippen molar-refractivity contribution in [1.82, 2.24) is 20.2 Å². The number of nitrogens with zero attached hydrogens (tertiary/aromatic N) is 2. The Labute approximate surface area is 204 Å². The fourth-order valence-corrected chi connectivity index (χ4v) is 7.34. The Morgan fingerprint density at radius 2 is 1.85 bits per heavy atom. The van der Waals surface area contributed by atoms with Crippen LogP contribution in [-0.2, 0) is 16.1 Å². The Morgan fingerprint density at radius 1 is 1.18 bits per heavy atom. The third-order valence-electron chi connectivity index (χ3n) is 8.04. The van der Waals surface area contributed by atoms with Crippen molar-refractivity contribution in [1.29, 1.82) is 0 Å². The average Bonchev–Trinajstić information content (AvgIpc) is 2.75. The molecule has 1 heterocycles. The molecule has 2 N–H and O–H groups in total. The minimum Gasteiger partial charge on any atom is -0.347 e. The van der Waals surface area contributed by atoms with E-state index in [4.69, 9.17) is 11.6 Å². The summed E-state index contributed by atoms with van der Waals surface area (Å²) in [4.78, 5) is 47.2. The quantitative estimate of drug-likeness (QED) is 0.591. The van der Waals surface area contributed by atoms with Crippen molar-refractivity contribution in [2.24, 2.45) is 23.2 Å². The number of rotatable bonds is 8. The van der Waals surface area contributed by atoms with Crippen LogP contribution in [0.3, 0.4) is 0 Å². The maximum atomic E-state index is 13.0. The standard InChI is InChI=1S/C26H33ClN4O3/c1-2-5-31(15-22-29-21-9-19(27)3-4-20(21)25(34)30-22)24(33)14-28-23(32)13-26-10-16-6-17(11-26)8-18(7-16)12-26/h3-4,9,16-18H,2,5-8,10-15H2,1H3,(H,28,32)(H,29,30,34). The lowest BCUT2D eigenvalue weighted by molar-refractivity contribution is -0.136. The molecule has 2 amide bonds. The van der Waals surface area contributed by atoms with E-state index in [1.165, 1.54) is 38.5 Å². The molecule has 1 aromatic heterocycles. The number of halogens is 1. The van der Waals surface area contributed by atoms with Crippen LogP contribution < -0.4 is 10.9 Å². The number of aromatic amines is 1. The van der Waals surface area contributed by atoms with Crippen molar-refractivity contribution in [2.75, 3.05) is 13.1 Å². The molecular formula is C26H33ClN4O3. The molecule has 4 aliphatic carbocycles. The first-order chi connectivity index (χ1) is 16.3. The molecule has 0 radical (unpaired) electrons. The van der Waals surface area contributed by atoms with Crippen LogP contribution >= 0.6 is 11.6 Å². The minimum atomic E-state index is -0.260. The summed E-state index contributed by atoms with van der Waals surface area (Å²) in [5.74, 6) is 2.61. The summed E-state index contributed by atoms with van der Waals surface area (Å²) >= 11 is 6.06. The second kappa shape index (κ2) is 9.33.